The second-order valence-corrected chi connectivity index (χ2v) is 4.34. The summed E-state index contributed by atoms with van der Waals surface area (Å²) in [6.07, 6.45) is 7.11. The van der Waals surface area contributed by atoms with Crippen molar-refractivity contribution < 1.29 is 9.53 Å². The van der Waals surface area contributed by atoms with E-state index >= 15 is 0 Å². The SMILES string of the molecule is O=C1NCCCC1CCC1CCCO1. The third-order valence-corrected chi connectivity index (χ3v) is 3.26. The number of hydrogen-bond donors (Lipinski definition) is 1. The van der Waals surface area contributed by atoms with Crippen LogP contribution in [-0.2, 0) is 9.53 Å². The van der Waals surface area contributed by atoms with Crippen molar-refractivity contribution in [1.29, 1.82) is 0 Å². The molecular weight excluding hydrogens is 178 g/mol. The molecule has 2 rings (SSSR count). The molecule has 2 fully saturated rings. The molecule has 3 heteroatoms. The maximum atomic E-state index is 11.4. The van der Waals surface area contributed by atoms with Crippen molar-refractivity contribution in [2.75, 3.05) is 13.2 Å². The van der Waals surface area contributed by atoms with Crippen LogP contribution in [0.15, 0.2) is 0 Å². The van der Waals surface area contributed by atoms with Gasteiger partial charge in [0.15, 0.2) is 0 Å². The largest absolute Gasteiger partial charge is 0.378 e. The van der Waals surface area contributed by atoms with E-state index in [1.165, 1.54) is 12.8 Å². The van der Waals surface area contributed by atoms with Gasteiger partial charge in [-0.3, -0.25) is 4.79 Å². The van der Waals surface area contributed by atoms with Crippen LogP contribution in [-0.4, -0.2) is 25.2 Å². The van der Waals surface area contributed by atoms with E-state index < -0.39 is 0 Å². The Bertz CT molecular complexity index is 199. The van der Waals surface area contributed by atoms with E-state index in [1.54, 1.807) is 0 Å². The quantitative estimate of drug-likeness (QED) is 0.744. The molecule has 2 aliphatic rings. The molecule has 0 spiro atoms. The molecule has 2 heterocycles. The highest BCUT2D eigenvalue weighted by atomic mass is 16.5. The number of piperidine rings is 1. The fourth-order valence-corrected chi connectivity index (χ4v) is 2.37. The Morgan fingerprint density at radius 2 is 2.21 bits per heavy atom. The molecular formula is C11H19NO2. The van der Waals surface area contributed by atoms with Crippen molar-refractivity contribution in [1.82, 2.24) is 5.32 Å². The number of hydrogen-bond acceptors (Lipinski definition) is 2. The zero-order valence-corrected chi connectivity index (χ0v) is 8.63. The maximum Gasteiger partial charge on any atom is 0.223 e. The van der Waals surface area contributed by atoms with E-state index in [0.29, 0.717) is 6.10 Å². The molecule has 0 radical (unpaired) electrons. The zero-order chi connectivity index (χ0) is 9.80. The molecule has 80 valence electrons. The average Bonchev–Trinajstić information content (AvgIpc) is 2.69. The highest BCUT2D eigenvalue weighted by Crippen LogP contribution is 2.23. The normalized spacial score (nSPS) is 33.0. The minimum Gasteiger partial charge on any atom is -0.378 e. The monoisotopic (exact) mass is 197 g/mol. The van der Waals surface area contributed by atoms with Gasteiger partial charge in [0.2, 0.25) is 5.91 Å². The summed E-state index contributed by atoms with van der Waals surface area (Å²) in [5.74, 6) is 0.516. The molecule has 0 saturated carbocycles. The topological polar surface area (TPSA) is 38.3 Å². The first kappa shape index (κ1) is 9.97. The number of amides is 1. The van der Waals surface area contributed by atoms with E-state index in [1.807, 2.05) is 0 Å². The standard InChI is InChI=1S/C11H19NO2/c13-11-9(3-1-7-12-11)5-6-10-4-2-8-14-10/h9-10H,1-8H2,(H,12,13). The van der Waals surface area contributed by atoms with Gasteiger partial charge in [-0.15, -0.1) is 0 Å². The molecule has 2 saturated heterocycles. The molecule has 0 aromatic heterocycles. The molecule has 1 amide bonds. The molecule has 0 bridgehead atoms. The number of carbonyl (C=O) groups is 1. The molecule has 0 aliphatic carbocycles. The predicted octanol–water partition coefficient (Wildman–Crippen LogP) is 1.47. The summed E-state index contributed by atoms with van der Waals surface area (Å²) >= 11 is 0. The third-order valence-electron chi connectivity index (χ3n) is 3.26. The van der Waals surface area contributed by atoms with Crippen LogP contribution in [0.25, 0.3) is 0 Å². The lowest BCUT2D eigenvalue weighted by Gasteiger charge is -2.22. The van der Waals surface area contributed by atoms with Crippen molar-refractivity contribution in [3.8, 4) is 0 Å². The molecule has 2 unspecified atom stereocenters. The number of rotatable bonds is 3. The summed E-state index contributed by atoms with van der Waals surface area (Å²) in [6.45, 7) is 1.79. The molecule has 14 heavy (non-hydrogen) atoms. The van der Waals surface area contributed by atoms with Crippen LogP contribution in [0.1, 0.15) is 38.5 Å². The summed E-state index contributed by atoms with van der Waals surface area (Å²) in [5, 5.41) is 2.93. The van der Waals surface area contributed by atoms with Gasteiger partial charge in [-0.05, 0) is 38.5 Å². The van der Waals surface area contributed by atoms with E-state index in [0.717, 1.165) is 38.8 Å². The van der Waals surface area contributed by atoms with Gasteiger partial charge < -0.3 is 10.1 Å². The minimum absolute atomic E-state index is 0.257. The van der Waals surface area contributed by atoms with Crippen molar-refractivity contribution in [3.63, 3.8) is 0 Å². The van der Waals surface area contributed by atoms with Crippen molar-refractivity contribution in [2.24, 2.45) is 5.92 Å². The Morgan fingerprint density at radius 3 is 2.93 bits per heavy atom. The number of nitrogens with one attached hydrogen (secondary N) is 1. The Kier molecular flexibility index (Phi) is 3.40. The lowest BCUT2D eigenvalue weighted by atomic mass is 9.92. The second-order valence-electron chi connectivity index (χ2n) is 4.34. The molecule has 3 nitrogen and oxygen atoms in total. The van der Waals surface area contributed by atoms with Crippen LogP contribution in [0.3, 0.4) is 0 Å². The summed E-state index contributed by atoms with van der Waals surface area (Å²) in [7, 11) is 0. The molecule has 1 N–H and O–H groups in total. The average molecular weight is 197 g/mol. The van der Waals surface area contributed by atoms with Gasteiger partial charge in [0.25, 0.3) is 0 Å². The van der Waals surface area contributed by atoms with Crippen molar-refractivity contribution in [3.05, 3.63) is 0 Å². The summed E-state index contributed by atoms with van der Waals surface area (Å²) in [5.41, 5.74) is 0. The smallest absolute Gasteiger partial charge is 0.223 e. The summed E-state index contributed by atoms with van der Waals surface area (Å²) < 4.78 is 5.55. The van der Waals surface area contributed by atoms with Gasteiger partial charge in [0.1, 0.15) is 0 Å². The summed E-state index contributed by atoms with van der Waals surface area (Å²) in [4.78, 5) is 11.4. The zero-order valence-electron chi connectivity index (χ0n) is 8.63. The van der Waals surface area contributed by atoms with Crippen LogP contribution in [0.5, 0.6) is 0 Å². The maximum absolute atomic E-state index is 11.4. The predicted molar refractivity (Wildman–Crippen MR) is 53.9 cm³/mol. The first-order valence-electron chi connectivity index (χ1n) is 5.75. The minimum atomic E-state index is 0.257. The van der Waals surface area contributed by atoms with Crippen LogP contribution >= 0.6 is 0 Å². The lowest BCUT2D eigenvalue weighted by Crippen LogP contribution is -2.36. The van der Waals surface area contributed by atoms with Gasteiger partial charge in [-0.1, -0.05) is 0 Å². The third kappa shape index (κ3) is 2.47. The Morgan fingerprint density at radius 1 is 1.29 bits per heavy atom. The van der Waals surface area contributed by atoms with Gasteiger partial charge in [0.05, 0.1) is 6.10 Å². The van der Waals surface area contributed by atoms with E-state index in [2.05, 4.69) is 5.32 Å². The van der Waals surface area contributed by atoms with Crippen LogP contribution in [0.4, 0.5) is 0 Å². The highest BCUT2D eigenvalue weighted by Gasteiger charge is 2.24. The number of carbonyl (C=O) groups excluding carboxylic acids is 1. The van der Waals surface area contributed by atoms with Crippen molar-refractivity contribution in [2.45, 2.75) is 44.6 Å². The Hall–Kier alpha value is -0.570. The molecule has 2 aliphatic heterocycles. The Labute approximate surface area is 85.2 Å². The van der Waals surface area contributed by atoms with Crippen molar-refractivity contribution >= 4 is 5.91 Å². The van der Waals surface area contributed by atoms with E-state index in [-0.39, 0.29) is 11.8 Å². The number of ether oxygens (including phenoxy) is 1. The van der Waals surface area contributed by atoms with Crippen LogP contribution < -0.4 is 5.32 Å². The Balaban J connectivity index is 1.70. The fraction of sp³-hybridized carbons (Fsp3) is 0.909. The van der Waals surface area contributed by atoms with Gasteiger partial charge in [0, 0.05) is 19.1 Å². The molecule has 0 aromatic rings. The van der Waals surface area contributed by atoms with Crippen LogP contribution in [0.2, 0.25) is 0 Å². The van der Waals surface area contributed by atoms with Crippen LogP contribution in [0, 0.1) is 5.92 Å². The molecule has 0 aromatic carbocycles. The van der Waals surface area contributed by atoms with Gasteiger partial charge >= 0.3 is 0 Å². The van der Waals surface area contributed by atoms with E-state index in [4.69, 9.17) is 4.74 Å². The van der Waals surface area contributed by atoms with E-state index in [9.17, 15) is 4.79 Å². The fourth-order valence-electron chi connectivity index (χ4n) is 2.37. The van der Waals surface area contributed by atoms with Gasteiger partial charge in [-0.25, -0.2) is 0 Å². The highest BCUT2D eigenvalue weighted by molar-refractivity contribution is 5.79. The second kappa shape index (κ2) is 4.78. The lowest BCUT2D eigenvalue weighted by molar-refractivity contribution is -0.127. The first-order valence-corrected chi connectivity index (χ1v) is 5.75. The summed E-state index contributed by atoms with van der Waals surface area (Å²) in [6, 6.07) is 0. The molecule has 2 atom stereocenters. The van der Waals surface area contributed by atoms with Gasteiger partial charge in [-0.2, -0.15) is 0 Å². The first-order chi connectivity index (χ1) is 6.86.